The number of hydrogen-bond acceptors (Lipinski definition) is 3. The normalized spacial score (nSPS) is 32.7. The Kier molecular flexibility index (Phi) is 5.67. The molecule has 0 bridgehead atoms. The molecule has 1 heterocycles. The van der Waals surface area contributed by atoms with Crippen LogP contribution in [0, 0.1) is 5.92 Å². The minimum atomic E-state index is 0.306. The van der Waals surface area contributed by atoms with Crippen molar-refractivity contribution in [1.29, 1.82) is 0 Å². The molecule has 0 radical (unpaired) electrons. The van der Waals surface area contributed by atoms with Crippen LogP contribution in [0.4, 0.5) is 0 Å². The third-order valence-electron chi connectivity index (χ3n) is 4.87. The first-order valence-corrected chi connectivity index (χ1v) is 8.23. The van der Waals surface area contributed by atoms with Crippen molar-refractivity contribution in [3.63, 3.8) is 0 Å². The molecule has 2 aliphatic rings. The van der Waals surface area contributed by atoms with E-state index in [0.717, 1.165) is 25.7 Å². The Morgan fingerprint density at radius 2 is 2.11 bits per heavy atom. The highest BCUT2D eigenvalue weighted by atomic mass is 16.5. The molecular weight excluding hydrogens is 236 g/mol. The molecule has 2 atom stereocenters. The van der Waals surface area contributed by atoms with E-state index in [-0.39, 0.29) is 0 Å². The van der Waals surface area contributed by atoms with Gasteiger partial charge in [-0.25, -0.2) is 0 Å². The maximum atomic E-state index is 5.75. The van der Waals surface area contributed by atoms with E-state index in [0.29, 0.717) is 11.6 Å². The minimum absolute atomic E-state index is 0.306. The smallest absolute Gasteiger partial charge is 0.0494 e. The molecule has 0 spiro atoms. The predicted octanol–water partition coefficient (Wildman–Crippen LogP) is 2.66. The van der Waals surface area contributed by atoms with Gasteiger partial charge in [-0.05, 0) is 44.9 Å². The van der Waals surface area contributed by atoms with Crippen molar-refractivity contribution < 1.29 is 4.74 Å². The summed E-state index contributed by atoms with van der Waals surface area (Å²) >= 11 is 0. The molecule has 19 heavy (non-hydrogen) atoms. The maximum absolute atomic E-state index is 5.75. The summed E-state index contributed by atoms with van der Waals surface area (Å²) in [5.74, 6) is 0.894. The number of rotatable bonds is 8. The van der Waals surface area contributed by atoms with Gasteiger partial charge in [-0.2, -0.15) is 0 Å². The standard InChI is InChI=1S/C16H32N2O/c1-4-15-11-17-16(3,5-2)13-18(15)9-6-10-19-12-14-7-8-14/h14-15,17H,4-13H2,1-3H3. The van der Waals surface area contributed by atoms with Gasteiger partial charge in [-0.1, -0.05) is 13.8 Å². The molecule has 112 valence electrons. The van der Waals surface area contributed by atoms with Gasteiger partial charge in [0.2, 0.25) is 0 Å². The second-order valence-electron chi connectivity index (χ2n) is 6.70. The third kappa shape index (κ3) is 4.73. The van der Waals surface area contributed by atoms with Crippen LogP contribution in [0.15, 0.2) is 0 Å². The first-order valence-electron chi connectivity index (χ1n) is 8.23. The zero-order valence-corrected chi connectivity index (χ0v) is 13.1. The van der Waals surface area contributed by atoms with Crippen molar-refractivity contribution in [2.45, 2.75) is 64.5 Å². The van der Waals surface area contributed by atoms with Gasteiger partial charge in [0.25, 0.3) is 0 Å². The lowest BCUT2D eigenvalue weighted by molar-refractivity contribution is 0.0628. The fourth-order valence-corrected chi connectivity index (χ4v) is 2.93. The number of nitrogens with zero attached hydrogens (tertiary/aromatic N) is 1. The Balaban J connectivity index is 1.68. The van der Waals surface area contributed by atoms with Gasteiger partial charge in [0.05, 0.1) is 0 Å². The Morgan fingerprint density at radius 1 is 1.32 bits per heavy atom. The number of ether oxygens (including phenoxy) is 1. The molecule has 0 aromatic heterocycles. The summed E-state index contributed by atoms with van der Waals surface area (Å²) < 4.78 is 5.75. The van der Waals surface area contributed by atoms with E-state index >= 15 is 0 Å². The van der Waals surface area contributed by atoms with Crippen molar-refractivity contribution >= 4 is 0 Å². The molecule has 2 unspecified atom stereocenters. The molecule has 2 rings (SSSR count). The molecule has 1 aliphatic carbocycles. The van der Waals surface area contributed by atoms with Crippen LogP contribution in [-0.2, 0) is 4.74 Å². The van der Waals surface area contributed by atoms with Crippen LogP contribution in [0.2, 0.25) is 0 Å². The summed E-state index contributed by atoms with van der Waals surface area (Å²) in [4.78, 5) is 2.68. The van der Waals surface area contributed by atoms with E-state index in [1.165, 1.54) is 45.2 Å². The van der Waals surface area contributed by atoms with Crippen molar-refractivity contribution in [2.75, 3.05) is 32.8 Å². The summed E-state index contributed by atoms with van der Waals surface area (Å²) in [6, 6.07) is 0.711. The van der Waals surface area contributed by atoms with Gasteiger partial charge in [-0.3, -0.25) is 4.90 Å². The number of piperazine rings is 1. The second-order valence-corrected chi connectivity index (χ2v) is 6.70. The van der Waals surface area contributed by atoms with E-state index in [1.807, 2.05) is 0 Å². The summed E-state index contributed by atoms with van der Waals surface area (Å²) in [5.41, 5.74) is 0.306. The third-order valence-corrected chi connectivity index (χ3v) is 4.87. The van der Waals surface area contributed by atoms with Crippen LogP contribution in [-0.4, -0.2) is 49.3 Å². The lowest BCUT2D eigenvalue weighted by atomic mass is 9.92. The monoisotopic (exact) mass is 268 g/mol. The van der Waals surface area contributed by atoms with Gasteiger partial charge in [0.15, 0.2) is 0 Å². The van der Waals surface area contributed by atoms with Gasteiger partial charge in [-0.15, -0.1) is 0 Å². The molecule has 0 aromatic carbocycles. The molecule has 0 amide bonds. The highest BCUT2D eigenvalue weighted by Gasteiger charge is 2.33. The Bertz CT molecular complexity index is 267. The first-order chi connectivity index (χ1) is 9.17. The zero-order chi connectivity index (χ0) is 13.7. The van der Waals surface area contributed by atoms with Gasteiger partial charge in [0, 0.05) is 44.4 Å². The molecule has 1 N–H and O–H groups in total. The first kappa shape index (κ1) is 15.3. The van der Waals surface area contributed by atoms with Crippen LogP contribution < -0.4 is 5.32 Å². The quantitative estimate of drug-likeness (QED) is 0.685. The average Bonchev–Trinajstić information content (AvgIpc) is 3.23. The zero-order valence-electron chi connectivity index (χ0n) is 13.1. The van der Waals surface area contributed by atoms with Crippen LogP contribution >= 0.6 is 0 Å². The highest BCUT2D eigenvalue weighted by Crippen LogP contribution is 2.28. The van der Waals surface area contributed by atoms with E-state index in [9.17, 15) is 0 Å². The topological polar surface area (TPSA) is 24.5 Å². The fourth-order valence-electron chi connectivity index (χ4n) is 2.93. The number of hydrogen-bond donors (Lipinski definition) is 1. The van der Waals surface area contributed by atoms with Gasteiger partial charge >= 0.3 is 0 Å². The average molecular weight is 268 g/mol. The van der Waals surface area contributed by atoms with Gasteiger partial charge < -0.3 is 10.1 Å². The van der Waals surface area contributed by atoms with E-state index in [1.54, 1.807) is 0 Å². The van der Waals surface area contributed by atoms with E-state index < -0.39 is 0 Å². The summed E-state index contributed by atoms with van der Waals surface area (Å²) in [6.07, 6.45) is 6.42. The fraction of sp³-hybridized carbons (Fsp3) is 1.00. The largest absolute Gasteiger partial charge is 0.381 e. The molecule has 3 nitrogen and oxygen atoms in total. The predicted molar refractivity (Wildman–Crippen MR) is 80.5 cm³/mol. The van der Waals surface area contributed by atoms with Crippen molar-refractivity contribution in [3.05, 3.63) is 0 Å². The molecule has 1 aliphatic heterocycles. The lowest BCUT2D eigenvalue weighted by Crippen LogP contribution is -2.62. The Hall–Kier alpha value is -0.120. The Morgan fingerprint density at radius 3 is 2.74 bits per heavy atom. The summed E-state index contributed by atoms with van der Waals surface area (Å²) in [6.45, 7) is 12.4. The Labute approximate surface area is 119 Å². The maximum Gasteiger partial charge on any atom is 0.0494 e. The molecule has 1 saturated carbocycles. The second kappa shape index (κ2) is 7.05. The highest BCUT2D eigenvalue weighted by molar-refractivity contribution is 4.93. The summed E-state index contributed by atoms with van der Waals surface area (Å²) in [5, 5.41) is 3.73. The van der Waals surface area contributed by atoms with Crippen LogP contribution in [0.25, 0.3) is 0 Å². The number of nitrogens with one attached hydrogen (secondary N) is 1. The molecule has 3 heteroatoms. The molecule has 2 fully saturated rings. The molecule has 1 saturated heterocycles. The summed E-state index contributed by atoms with van der Waals surface area (Å²) in [7, 11) is 0. The van der Waals surface area contributed by atoms with Crippen LogP contribution in [0.1, 0.15) is 52.9 Å². The van der Waals surface area contributed by atoms with Crippen LogP contribution in [0.3, 0.4) is 0 Å². The lowest BCUT2D eigenvalue weighted by Gasteiger charge is -2.46. The van der Waals surface area contributed by atoms with E-state index in [4.69, 9.17) is 4.74 Å². The van der Waals surface area contributed by atoms with Crippen molar-refractivity contribution in [1.82, 2.24) is 10.2 Å². The van der Waals surface area contributed by atoms with Crippen molar-refractivity contribution in [2.24, 2.45) is 5.92 Å². The van der Waals surface area contributed by atoms with E-state index in [2.05, 4.69) is 31.0 Å². The minimum Gasteiger partial charge on any atom is -0.381 e. The molecular formula is C16H32N2O. The molecule has 0 aromatic rings. The SMILES string of the molecule is CCC1CNC(C)(CC)CN1CCCOCC1CC1. The van der Waals surface area contributed by atoms with Crippen LogP contribution in [0.5, 0.6) is 0 Å². The van der Waals surface area contributed by atoms with Gasteiger partial charge in [0.1, 0.15) is 0 Å². The van der Waals surface area contributed by atoms with Crippen molar-refractivity contribution in [3.8, 4) is 0 Å².